The second-order valence-corrected chi connectivity index (χ2v) is 6.56. The van der Waals surface area contributed by atoms with Crippen LogP contribution in [0.4, 0.5) is 57.1 Å². The van der Waals surface area contributed by atoms with Crippen molar-refractivity contribution in [3.05, 3.63) is 0 Å². The van der Waals surface area contributed by atoms with Crippen LogP contribution in [0.25, 0.3) is 0 Å². The summed E-state index contributed by atoms with van der Waals surface area (Å²) >= 11 is 0. The normalized spacial score (nSPS) is 16.2. The van der Waals surface area contributed by atoms with Crippen LogP contribution in [0.1, 0.15) is 51.9 Å². The van der Waals surface area contributed by atoms with E-state index in [-0.39, 0.29) is 6.42 Å². The van der Waals surface area contributed by atoms with Crippen molar-refractivity contribution in [1.29, 1.82) is 0 Å². The van der Waals surface area contributed by atoms with Crippen molar-refractivity contribution in [3.8, 4) is 0 Å². The van der Waals surface area contributed by atoms with Crippen LogP contribution in [0.3, 0.4) is 0 Å². The third kappa shape index (κ3) is 5.40. The second kappa shape index (κ2) is 9.04. The van der Waals surface area contributed by atoms with Crippen LogP contribution in [0.2, 0.25) is 0 Å². The van der Waals surface area contributed by atoms with E-state index in [1.54, 1.807) is 0 Å². The topological polar surface area (TPSA) is 20.2 Å². The minimum atomic E-state index is -7.91. The number of aliphatic hydroxyl groups is 1. The molecule has 0 aromatic heterocycles. The summed E-state index contributed by atoms with van der Waals surface area (Å²) in [6, 6.07) is 0. The molecule has 0 amide bonds. The van der Waals surface area contributed by atoms with Gasteiger partial charge in [0.15, 0.2) is 0 Å². The number of halogens is 13. The van der Waals surface area contributed by atoms with E-state index in [1.165, 1.54) is 0 Å². The van der Waals surface area contributed by atoms with Crippen molar-refractivity contribution < 1.29 is 62.2 Å². The molecule has 0 aromatic carbocycles. The zero-order valence-electron chi connectivity index (χ0n) is 14.9. The van der Waals surface area contributed by atoms with E-state index in [4.69, 9.17) is 0 Å². The van der Waals surface area contributed by atoms with Crippen LogP contribution in [-0.2, 0) is 0 Å². The fourth-order valence-electron chi connectivity index (χ4n) is 2.31. The Morgan fingerprint density at radius 2 is 1.00 bits per heavy atom. The summed E-state index contributed by atoms with van der Waals surface area (Å²) < 4.78 is 168. The molecular weight excluding hydrogens is 443 g/mol. The van der Waals surface area contributed by atoms with Gasteiger partial charge in [-0.2, -0.15) is 57.1 Å². The molecule has 0 saturated carbocycles. The van der Waals surface area contributed by atoms with Gasteiger partial charge in [0.05, 0.1) is 6.10 Å². The third-order valence-electron chi connectivity index (χ3n) is 4.13. The highest BCUT2D eigenvalue weighted by molar-refractivity contribution is 5.10. The van der Waals surface area contributed by atoms with Crippen LogP contribution < -0.4 is 0 Å². The van der Waals surface area contributed by atoms with Crippen molar-refractivity contribution in [2.45, 2.75) is 93.8 Å². The summed E-state index contributed by atoms with van der Waals surface area (Å²) in [6.07, 6.45) is -10.7. The van der Waals surface area contributed by atoms with Crippen LogP contribution in [0, 0.1) is 0 Å². The Morgan fingerprint density at radius 3 is 1.41 bits per heavy atom. The summed E-state index contributed by atoms with van der Waals surface area (Å²) in [5, 5.41) is 9.29. The van der Waals surface area contributed by atoms with Crippen LogP contribution in [0.15, 0.2) is 0 Å². The standard InChI is InChI=1S/C15H19F13O/c1-2-3-4-5-6-7-9(29)8-10(16,17)11(18,19)12(20,21)13(22,23)14(24,25)15(26,27)28/h9,29H,2-8H2,1H3. The van der Waals surface area contributed by atoms with Gasteiger partial charge < -0.3 is 5.11 Å². The SMILES string of the molecule is CCCCCCCC(O)CC(F)(F)C(F)(F)C(F)(F)C(F)(F)C(F)(F)C(F)(F)F. The Balaban J connectivity index is 5.54. The predicted molar refractivity (Wildman–Crippen MR) is 74.8 cm³/mol. The van der Waals surface area contributed by atoms with E-state index >= 15 is 0 Å². The number of alkyl halides is 13. The Kier molecular flexibility index (Phi) is 8.75. The Morgan fingerprint density at radius 1 is 0.586 bits per heavy atom. The average Bonchev–Trinajstić information content (AvgIpc) is 2.52. The molecule has 0 spiro atoms. The Hall–Kier alpha value is -0.950. The molecule has 1 nitrogen and oxygen atoms in total. The first-order valence-corrected chi connectivity index (χ1v) is 8.34. The lowest BCUT2D eigenvalue weighted by Gasteiger charge is -2.40. The summed E-state index contributed by atoms with van der Waals surface area (Å²) in [5.74, 6) is -37.0. The Bertz CT molecular complexity index is 513. The van der Waals surface area contributed by atoms with E-state index in [9.17, 15) is 62.2 Å². The predicted octanol–water partition coefficient (Wildman–Crippen LogP) is 6.84. The van der Waals surface area contributed by atoms with Crippen molar-refractivity contribution in [3.63, 3.8) is 0 Å². The zero-order chi connectivity index (χ0) is 23.5. The van der Waals surface area contributed by atoms with Gasteiger partial charge in [-0.3, -0.25) is 0 Å². The fourth-order valence-corrected chi connectivity index (χ4v) is 2.31. The van der Waals surface area contributed by atoms with E-state index < -0.39 is 54.7 Å². The van der Waals surface area contributed by atoms with Gasteiger partial charge in [0.1, 0.15) is 0 Å². The largest absolute Gasteiger partial charge is 0.460 e. The molecule has 0 rings (SSSR count). The molecule has 1 unspecified atom stereocenters. The van der Waals surface area contributed by atoms with Crippen LogP contribution in [0.5, 0.6) is 0 Å². The van der Waals surface area contributed by atoms with Gasteiger partial charge in [-0.25, -0.2) is 0 Å². The molecule has 1 N–H and O–H groups in total. The van der Waals surface area contributed by atoms with Gasteiger partial charge >= 0.3 is 35.8 Å². The van der Waals surface area contributed by atoms with Crippen molar-refractivity contribution in [2.24, 2.45) is 0 Å². The summed E-state index contributed by atoms with van der Waals surface area (Å²) in [5.41, 5.74) is 0. The zero-order valence-corrected chi connectivity index (χ0v) is 14.9. The first-order chi connectivity index (χ1) is 12.7. The van der Waals surface area contributed by atoms with Gasteiger partial charge in [0.2, 0.25) is 0 Å². The minimum absolute atomic E-state index is 0.0263. The molecule has 176 valence electrons. The van der Waals surface area contributed by atoms with E-state index in [0.717, 1.165) is 6.42 Å². The molecule has 0 heterocycles. The van der Waals surface area contributed by atoms with E-state index in [2.05, 4.69) is 0 Å². The number of unbranched alkanes of at least 4 members (excludes halogenated alkanes) is 4. The maximum Gasteiger partial charge on any atom is 0.460 e. The number of hydrogen-bond donors (Lipinski definition) is 1. The number of rotatable bonds is 12. The maximum atomic E-state index is 13.5. The highest BCUT2D eigenvalue weighted by Crippen LogP contribution is 2.60. The van der Waals surface area contributed by atoms with Crippen molar-refractivity contribution in [2.75, 3.05) is 0 Å². The maximum absolute atomic E-state index is 13.5. The van der Waals surface area contributed by atoms with Gasteiger partial charge in [0, 0.05) is 6.42 Å². The molecule has 0 bridgehead atoms. The molecular formula is C15H19F13O. The number of hydrogen-bond acceptors (Lipinski definition) is 1. The number of aliphatic hydroxyl groups excluding tert-OH is 1. The summed E-state index contributed by atoms with van der Waals surface area (Å²) in [4.78, 5) is 0. The molecule has 0 aliphatic rings. The van der Waals surface area contributed by atoms with Crippen molar-refractivity contribution >= 4 is 0 Å². The first kappa shape index (κ1) is 28.1. The molecule has 1 atom stereocenters. The van der Waals surface area contributed by atoms with Gasteiger partial charge in [-0.15, -0.1) is 0 Å². The molecule has 0 radical (unpaired) electrons. The average molecular weight is 462 g/mol. The molecule has 29 heavy (non-hydrogen) atoms. The van der Waals surface area contributed by atoms with Crippen molar-refractivity contribution in [1.82, 2.24) is 0 Å². The van der Waals surface area contributed by atoms with E-state index in [0.29, 0.717) is 19.3 Å². The molecule has 0 aliphatic heterocycles. The van der Waals surface area contributed by atoms with Gasteiger partial charge in [-0.1, -0.05) is 39.0 Å². The lowest BCUT2D eigenvalue weighted by atomic mass is 9.90. The second-order valence-electron chi connectivity index (χ2n) is 6.56. The molecule has 0 fully saturated rings. The Labute approximate surface area is 157 Å². The lowest BCUT2D eigenvalue weighted by molar-refractivity contribution is -0.440. The third-order valence-corrected chi connectivity index (χ3v) is 4.13. The lowest BCUT2D eigenvalue weighted by Crippen LogP contribution is -2.70. The van der Waals surface area contributed by atoms with E-state index in [1.807, 2.05) is 6.92 Å². The van der Waals surface area contributed by atoms with Gasteiger partial charge in [0.25, 0.3) is 0 Å². The molecule has 0 aliphatic carbocycles. The molecule has 0 aromatic rings. The summed E-state index contributed by atoms with van der Waals surface area (Å²) in [6.45, 7) is 1.82. The highest BCUT2D eigenvalue weighted by atomic mass is 19.4. The van der Waals surface area contributed by atoms with Crippen LogP contribution >= 0.6 is 0 Å². The molecule has 14 heteroatoms. The first-order valence-electron chi connectivity index (χ1n) is 8.34. The highest BCUT2D eigenvalue weighted by Gasteiger charge is 2.90. The van der Waals surface area contributed by atoms with Gasteiger partial charge in [-0.05, 0) is 6.42 Å². The monoisotopic (exact) mass is 462 g/mol. The quantitative estimate of drug-likeness (QED) is 0.249. The van der Waals surface area contributed by atoms with Crippen LogP contribution in [-0.4, -0.2) is 47.0 Å². The fraction of sp³-hybridized carbons (Fsp3) is 1.00. The smallest absolute Gasteiger partial charge is 0.393 e. The molecule has 0 saturated heterocycles. The summed E-state index contributed by atoms with van der Waals surface area (Å²) in [7, 11) is 0. The minimum Gasteiger partial charge on any atom is -0.393 e.